The molecule has 0 radical (unpaired) electrons. The number of nitrogens with two attached hydrogens (primary N) is 1. The molecular formula is C8H12FN3. The van der Waals surface area contributed by atoms with E-state index in [1.807, 2.05) is 0 Å². The molecule has 0 aliphatic heterocycles. The highest BCUT2D eigenvalue weighted by atomic mass is 19.1. The molecule has 1 saturated carbocycles. The van der Waals surface area contributed by atoms with Crippen LogP contribution in [-0.2, 0) is 0 Å². The second kappa shape index (κ2) is 2.00. The third kappa shape index (κ3) is 0.906. The van der Waals surface area contributed by atoms with Crippen molar-refractivity contribution in [3.05, 3.63) is 11.5 Å². The Hall–Kier alpha value is -1.06. The predicted molar refractivity (Wildman–Crippen MR) is 44.1 cm³/mol. The molecule has 66 valence electrons. The summed E-state index contributed by atoms with van der Waals surface area (Å²) < 4.78 is 13.2. The SMILES string of the molecule is CC1(C)CC1c1[nH]nc(N)c1F. The van der Waals surface area contributed by atoms with Crippen molar-refractivity contribution in [3.63, 3.8) is 0 Å². The molecule has 0 amide bonds. The van der Waals surface area contributed by atoms with Gasteiger partial charge in [0.25, 0.3) is 0 Å². The van der Waals surface area contributed by atoms with Crippen LogP contribution in [-0.4, -0.2) is 10.2 Å². The van der Waals surface area contributed by atoms with Crippen LogP contribution in [0.5, 0.6) is 0 Å². The monoisotopic (exact) mass is 169 g/mol. The Labute approximate surface area is 70.2 Å². The molecule has 1 aromatic rings. The van der Waals surface area contributed by atoms with Crippen LogP contribution in [0.4, 0.5) is 10.2 Å². The quantitative estimate of drug-likeness (QED) is 0.671. The fraction of sp³-hybridized carbons (Fsp3) is 0.625. The van der Waals surface area contributed by atoms with Crippen molar-refractivity contribution in [2.45, 2.75) is 26.2 Å². The van der Waals surface area contributed by atoms with E-state index < -0.39 is 0 Å². The highest BCUT2D eigenvalue weighted by Crippen LogP contribution is 2.58. The van der Waals surface area contributed by atoms with E-state index in [0.717, 1.165) is 6.42 Å². The Bertz CT molecular complexity index is 316. The number of aromatic nitrogens is 2. The second-order valence-electron chi connectivity index (χ2n) is 4.08. The summed E-state index contributed by atoms with van der Waals surface area (Å²) in [4.78, 5) is 0. The Morgan fingerprint density at radius 1 is 1.67 bits per heavy atom. The van der Waals surface area contributed by atoms with Gasteiger partial charge < -0.3 is 5.73 Å². The van der Waals surface area contributed by atoms with Crippen LogP contribution in [0.25, 0.3) is 0 Å². The van der Waals surface area contributed by atoms with Crippen LogP contribution < -0.4 is 5.73 Å². The summed E-state index contributed by atoms with van der Waals surface area (Å²) in [7, 11) is 0. The average molecular weight is 169 g/mol. The highest BCUT2D eigenvalue weighted by molar-refractivity contribution is 5.36. The molecule has 0 saturated heterocycles. The van der Waals surface area contributed by atoms with Crippen molar-refractivity contribution < 1.29 is 4.39 Å². The van der Waals surface area contributed by atoms with Crippen LogP contribution in [0.1, 0.15) is 31.9 Å². The number of halogens is 1. The average Bonchev–Trinajstić information content (AvgIpc) is 2.47. The molecular weight excluding hydrogens is 157 g/mol. The van der Waals surface area contributed by atoms with E-state index in [4.69, 9.17) is 5.73 Å². The minimum atomic E-state index is -0.370. The van der Waals surface area contributed by atoms with Crippen molar-refractivity contribution in [2.75, 3.05) is 5.73 Å². The summed E-state index contributed by atoms with van der Waals surface area (Å²) in [6.07, 6.45) is 1.01. The van der Waals surface area contributed by atoms with E-state index in [9.17, 15) is 4.39 Å². The van der Waals surface area contributed by atoms with Crippen LogP contribution in [0.15, 0.2) is 0 Å². The molecule has 1 atom stereocenters. The van der Waals surface area contributed by atoms with Crippen LogP contribution in [0.2, 0.25) is 0 Å². The van der Waals surface area contributed by atoms with Gasteiger partial charge in [0.1, 0.15) is 0 Å². The fourth-order valence-corrected chi connectivity index (χ4v) is 1.55. The maximum Gasteiger partial charge on any atom is 0.188 e. The minimum Gasteiger partial charge on any atom is -0.380 e. The number of hydrogen-bond acceptors (Lipinski definition) is 2. The first-order valence-corrected chi connectivity index (χ1v) is 4.01. The summed E-state index contributed by atoms with van der Waals surface area (Å²) >= 11 is 0. The zero-order valence-corrected chi connectivity index (χ0v) is 7.19. The van der Waals surface area contributed by atoms with Crippen LogP contribution in [0.3, 0.4) is 0 Å². The third-order valence-electron chi connectivity index (χ3n) is 2.62. The van der Waals surface area contributed by atoms with E-state index >= 15 is 0 Å². The van der Waals surface area contributed by atoms with Crippen molar-refractivity contribution in [1.82, 2.24) is 10.2 Å². The van der Waals surface area contributed by atoms with Gasteiger partial charge in [-0.25, -0.2) is 4.39 Å². The number of hydrogen-bond donors (Lipinski definition) is 2. The number of nitrogens with one attached hydrogen (secondary N) is 1. The van der Waals surface area contributed by atoms with E-state index in [1.54, 1.807) is 0 Å². The smallest absolute Gasteiger partial charge is 0.188 e. The maximum absolute atomic E-state index is 13.2. The zero-order valence-electron chi connectivity index (χ0n) is 7.19. The first-order chi connectivity index (χ1) is 5.52. The van der Waals surface area contributed by atoms with E-state index in [0.29, 0.717) is 5.69 Å². The standard InChI is InChI=1S/C8H12FN3/c1-8(2)3-4(8)6-5(9)7(10)12-11-6/h4H,3H2,1-2H3,(H3,10,11,12). The van der Waals surface area contributed by atoms with Gasteiger partial charge in [0, 0.05) is 5.92 Å². The molecule has 0 bridgehead atoms. The van der Waals surface area contributed by atoms with Crippen molar-refractivity contribution >= 4 is 5.82 Å². The molecule has 1 fully saturated rings. The molecule has 12 heavy (non-hydrogen) atoms. The van der Waals surface area contributed by atoms with Gasteiger partial charge in [-0.2, -0.15) is 5.10 Å². The Morgan fingerprint density at radius 3 is 2.58 bits per heavy atom. The fourth-order valence-electron chi connectivity index (χ4n) is 1.55. The summed E-state index contributed by atoms with van der Waals surface area (Å²) in [5, 5.41) is 6.26. The van der Waals surface area contributed by atoms with Gasteiger partial charge in [-0.05, 0) is 11.8 Å². The number of nitrogens with zero attached hydrogens (tertiary/aromatic N) is 1. The summed E-state index contributed by atoms with van der Waals surface area (Å²) in [5.74, 6) is -0.124. The molecule has 1 aliphatic rings. The molecule has 2 rings (SSSR count). The van der Waals surface area contributed by atoms with E-state index in [-0.39, 0.29) is 23.0 Å². The van der Waals surface area contributed by atoms with Crippen LogP contribution >= 0.6 is 0 Å². The maximum atomic E-state index is 13.2. The zero-order chi connectivity index (χ0) is 8.93. The van der Waals surface area contributed by atoms with Gasteiger partial charge in [-0.1, -0.05) is 13.8 Å². The lowest BCUT2D eigenvalue weighted by atomic mass is 10.1. The molecule has 1 unspecified atom stereocenters. The van der Waals surface area contributed by atoms with Gasteiger partial charge in [0.2, 0.25) is 0 Å². The second-order valence-corrected chi connectivity index (χ2v) is 4.08. The number of anilines is 1. The topological polar surface area (TPSA) is 54.7 Å². The Morgan fingerprint density at radius 2 is 2.25 bits per heavy atom. The summed E-state index contributed by atoms with van der Waals surface area (Å²) in [5.41, 5.74) is 6.05. The van der Waals surface area contributed by atoms with Crippen molar-refractivity contribution in [2.24, 2.45) is 5.41 Å². The van der Waals surface area contributed by atoms with Gasteiger partial charge in [0.15, 0.2) is 11.6 Å². The third-order valence-corrected chi connectivity index (χ3v) is 2.62. The Balaban J connectivity index is 2.31. The largest absolute Gasteiger partial charge is 0.380 e. The molecule has 1 aromatic heterocycles. The first-order valence-electron chi connectivity index (χ1n) is 4.01. The molecule has 4 heteroatoms. The molecule has 3 nitrogen and oxygen atoms in total. The molecule has 0 aromatic carbocycles. The number of H-pyrrole nitrogens is 1. The molecule has 3 N–H and O–H groups in total. The Kier molecular flexibility index (Phi) is 1.26. The summed E-state index contributed by atoms with van der Waals surface area (Å²) in [6, 6.07) is 0. The van der Waals surface area contributed by atoms with E-state index in [1.165, 1.54) is 0 Å². The number of nitrogen functional groups attached to an aromatic ring is 1. The first kappa shape index (κ1) is 7.58. The lowest BCUT2D eigenvalue weighted by Crippen LogP contribution is -1.93. The minimum absolute atomic E-state index is 0.0206. The van der Waals surface area contributed by atoms with Gasteiger partial charge >= 0.3 is 0 Å². The van der Waals surface area contributed by atoms with Gasteiger partial charge in [0.05, 0.1) is 5.69 Å². The highest BCUT2D eigenvalue weighted by Gasteiger charge is 2.49. The summed E-state index contributed by atoms with van der Waals surface area (Å²) in [6.45, 7) is 4.21. The number of rotatable bonds is 1. The molecule has 1 heterocycles. The van der Waals surface area contributed by atoms with Crippen molar-refractivity contribution in [1.29, 1.82) is 0 Å². The van der Waals surface area contributed by atoms with Crippen molar-refractivity contribution in [3.8, 4) is 0 Å². The predicted octanol–water partition coefficient (Wildman–Crippen LogP) is 1.64. The lowest BCUT2D eigenvalue weighted by molar-refractivity contribution is 0.575. The molecule has 0 spiro atoms. The van der Waals surface area contributed by atoms with E-state index in [2.05, 4.69) is 24.0 Å². The number of aromatic amines is 1. The van der Waals surface area contributed by atoms with Gasteiger partial charge in [-0.3, -0.25) is 5.10 Å². The lowest BCUT2D eigenvalue weighted by Gasteiger charge is -1.99. The molecule has 1 aliphatic carbocycles. The van der Waals surface area contributed by atoms with Crippen LogP contribution in [0, 0.1) is 11.2 Å². The van der Waals surface area contributed by atoms with Gasteiger partial charge in [-0.15, -0.1) is 0 Å². The normalized spacial score (nSPS) is 25.8.